The van der Waals surface area contributed by atoms with Gasteiger partial charge >= 0.3 is 0 Å². The van der Waals surface area contributed by atoms with Gasteiger partial charge in [0.15, 0.2) is 9.84 Å². The molecule has 4 rings (SSSR count). The van der Waals surface area contributed by atoms with Crippen LogP contribution in [-0.2, 0) is 16.4 Å². The number of hydrogen-bond donors (Lipinski definition) is 0. The number of piperazine rings is 1. The molecule has 1 aliphatic carbocycles. The second-order valence-corrected chi connectivity index (χ2v) is 10.1. The lowest BCUT2D eigenvalue weighted by Gasteiger charge is -2.44. The van der Waals surface area contributed by atoms with Gasteiger partial charge in [0.2, 0.25) is 5.95 Å². The predicted octanol–water partition coefficient (Wildman–Crippen LogP) is 0.236. The standard InChI is InChI=1S/C17H27N5O2S/c1-20(2)17-18-7-14(8-19-17)10-22-6-5-21(9-13-3-4-13)15-11-25(23,24)12-16(15)22/h7-8,13,15-16H,3-6,9-12H2,1-2H3/t15-,16+/m1/s1. The third kappa shape index (κ3) is 3.80. The van der Waals surface area contributed by atoms with E-state index in [1.54, 1.807) is 0 Å². The minimum Gasteiger partial charge on any atom is -0.347 e. The van der Waals surface area contributed by atoms with Crippen molar-refractivity contribution in [1.29, 1.82) is 0 Å². The van der Waals surface area contributed by atoms with Crippen molar-refractivity contribution in [2.75, 3.05) is 50.1 Å². The zero-order valence-corrected chi connectivity index (χ0v) is 15.8. The molecule has 2 atom stereocenters. The van der Waals surface area contributed by atoms with E-state index in [1.807, 2.05) is 31.4 Å². The summed E-state index contributed by atoms with van der Waals surface area (Å²) in [6, 6.07) is 0.257. The Hall–Kier alpha value is -1.25. The topological polar surface area (TPSA) is 69.6 Å². The maximum atomic E-state index is 12.3. The maximum absolute atomic E-state index is 12.3. The second-order valence-electron chi connectivity index (χ2n) is 7.91. The highest BCUT2D eigenvalue weighted by atomic mass is 32.2. The van der Waals surface area contributed by atoms with Gasteiger partial charge < -0.3 is 4.90 Å². The molecule has 7 nitrogen and oxygen atoms in total. The molecule has 138 valence electrons. The lowest BCUT2D eigenvalue weighted by molar-refractivity contribution is 0.0375. The Kier molecular flexibility index (Phi) is 4.45. The average molecular weight is 366 g/mol. The fourth-order valence-corrected chi connectivity index (χ4v) is 6.09. The Labute approximate surface area is 150 Å². The van der Waals surface area contributed by atoms with Crippen LogP contribution in [0.4, 0.5) is 5.95 Å². The third-order valence-electron chi connectivity index (χ3n) is 5.57. The molecule has 0 unspecified atom stereocenters. The molecule has 1 aromatic rings. The van der Waals surface area contributed by atoms with Crippen LogP contribution in [0.15, 0.2) is 12.4 Å². The van der Waals surface area contributed by atoms with Gasteiger partial charge in [0.1, 0.15) is 0 Å². The molecule has 0 aromatic carbocycles. The lowest BCUT2D eigenvalue weighted by atomic mass is 10.0. The van der Waals surface area contributed by atoms with Crippen LogP contribution in [0.2, 0.25) is 0 Å². The summed E-state index contributed by atoms with van der Waals surface area (Å²) in [4.78, 5) is 15.4. The molecular formula is C17H27N5O2S. The lowest BCUT2D eigenvalue weighted by Crippen LogP contribution is -2.59. The molecule has 3 heterocycles. The summed E-state index contributed by atoms with van der Waals surface area (Å²) in [5.41, 5.74) is 1.05. The Morgan fingerprint density at radius 2 is 1.68 bits per heavy atom. The molecule has 0 spiro atoms. The number of fused-ring (bicyclic) bond motifs is 1. The van der Waals surface area contributed by atoms with E-state index in [4.69, 9.17) is 0 Å². The summed E-state index contributed by atoms with van der Waals surface area (Å²) in [6.07, 6.45) is 6.33. The van der Waals surface area contributed by atoms with Crippen LogP contribution in [0, 0.1) is 5.92 Å². The van der Waals surface area contributed by atoms with Crippen molar-refractivity contribution in [1.82, 2.24) is 19.8 Å². The van der Waals surface area contributed by atoms with Crippen LogP contribution in [0.1, 0.15) is 18.4 Å². The fourth-order valence-electron chi connectivity index (χ4n) is 4.05. The van der Waals surface area contributed by atoms with Crippen molar-refractivity contribution in [3.05, 3.63) is 18.0 Å². The van der Waals surface area contributed by atoms with E-state index in [1.165, 1.54) is 12.8 Å². The SMILES string of the molecule is CN(C)c1ncc(CN2CCN(CC3CC3)[C@@H]3CS(=O)(=O)C[C@@H]32)cn1. The van der Waals surface area contributed by atoms with Crippen molar-refractivity contribution in [2.45, 2.75) is 31.5 Å². The Bertz CT molecular complexity index is 717. The van der Waals surface area contributed by atoms with Crippen molar-refractivity contribution in [3.63, 3.8) is 0 Å². The first-order valence-electron chi connectivity index (χ1n) is 9.08. The predicted molar refractivity (Wildman–Crippen MR) is 97.3 cm³/mol. The molecule has 0 amide bonds. The highest BCUT2D eigenvalue weighted by molar-refractivity contribution is 7.91. The molecule has 1 aromatic heterocycles. The van der Waals surface area contributed by atoms with Gasteiger partial charge in [0.05, 0.1) is 11.5 Å². The molecule has 0 radical (unpaired) electrons. The van der Waals surface area contributed by atoms with E-state index < -0.39 is 9.84 Å². The summed E-state index contributed by atoms with van der Waals surface area (Å²) in [6.45, 7) is 3.68. The normalized spacial score (nSPS) is 29.5. The van der Waals surface area contributed by atoms with Gasteiger partial charge in [-0.25, -0.2) is 18.4 Å². The molecule has 2 aliphatic heterocycles. The largest absolute Gasteiger partial charge is 0.347 e. The zero-order valence-electron chi connectivity index (χ0n) is 15.0. The van der Waals surface area contributed by atoms with Crippen LogP contribution in [0.5, 0.6) is 0 Å². The summed E-state index contributed by atoms with van der Waals surface area (Å²) >= 11 is 0. The van der Waals surface area contributed by atoms with Crippen LogP contribution in [0.3, 0.4) is 0 Å². The van der Waals surface area contributed by atoms with E-state index in [-0.39, 0.29) is 17.8 Å². The quantitative estimate of drug-likeness (QED) is 0.740. The van der Waals surface area contributed by atoms with E-state index >= 15 is 0 Å². The van der Waals surface area contributed by atoms with Crippen LogP contribution in [-0.4, -0.2) is 85.5 Å². The van der Waals surface area contributed by atoms with Crippen molar-refractivity contribution < 1.29 is 8.42 Å². The number of anilines is 1. The smallest absolute Gasteiger partial charge is 0.224 e. The van der Waals surface area contributed by atoms with Crippen LogP contribution in [0.25, 0.3) is 0 Å². The number of aromatic nitrogens is 2. The Morgan fingerprint density at radius 3 is 2.28 bits per heavy atom. The minimum atomic E-state index is -2.94. The first-order valence-corrected chi connectivity index (χ1v) is 10.9. The van der Waals surface area contributed by atoms with Gasteiger partial charge in [0.25, 0.3) is 0 Å². The molecular weight excluding hydrogens is 338 g/mol. The molecule has 3 aliphatic rings. The van der Waals surface area contributed by atoms with E-state index in [2.05, 4.69) is 19.8 Å². The van der Waals surface area contributed by atoms with Gasteiger partial charge in [0, 0.05) is 70.3 Å². The van der Waals surface area contributed by atoms with Crippen molar-refractivity contribution in [2.24, 2.45) is 5.92 Å². The van der Waals surface area contributed by atoms with Crippen molar-refractivity contribution >= 4 is 15.8 Å². The number of sulfone groups is 1. The molecule has 25 heavy (non-hydrogen) atoms. The molecule has 3 fully saturated rings. The van der Waals surface area contributed by atoms with E-state index in [9.17, 15) is 8.42 Å². The zero-order chi connectivity index (χ0) is 17.6. The number of rotatable bonds is 5. The minimum absolute atomic E-state index is 0.103. The van der Waals surface area contributed by atoms with E-state index in [0.717, 1.165) is 37.7 Å². The molecule has 0 N–H and O–H groups in total. The highest BCUT2D eigenvalue weighted by Gasteiger charge is 2.47. The summed E-state index contributed by atoms with van der Waals surface area (Å²) < 4.78 is 24.6. The van der Waals surface area contributed by atoms with Gasteiger partial charge in [-0.3, -0.25) is 9.80 Å². The number of nitrogens with zero attached hydrogens (tertiary/aromatic N) is 5. The Morgan fingerprint density at radius 1 is 1.08 bits per heavy atom. The average Bonchev–Trinajstić information content (AvgIpc) is 3.31. The van der Waals surface area contributed by atoms with Gasteiger partial charge in [-0.15, -0.1) is 0 Å². The fraction of sp³-hybridized carbons (Fsp3) is 0.765. The summed E-state index contributed by atoms with van der Waals surface area (Å²) in [7, 11) is 0.896. The maximum Gasteiger partial charge on any atom is 0.224 e. The van der Waals surface area contributed by atoms with Gasteiger partial charge in [-0.05, 0) is 18.8 Å². The molecule has 2 saturated heterocycles. The second kappa shape index (κ2) is 6.48. The monoisotopic (exact) mass is 365 g/mol. The highest BCUT2D eigenvalue weighted by Crippen LogP contribution is 2.34. The van der Waals surface area contributed by atoms with Gasteiger partial charge in [-0.1, -0.05) is 0 Å². The molecule has 8 heteroatoms. The van der Waals surface area contributed by atoms with Gasteiger partial charge in [-0.2, -0.15) is 0 Å². The first-order chi connectivity index (χ1) is 11.9. The van der Waals surface area contributed by atoms with Crippen molar-refractivity contribution in [3.8, 4) is 0 Å². The van der Waals surface area contributed by atoms with Crippen LogP contribution >= 0.6 is 0 Å². The summed E-state index contributed by atoms with van der Waals surface area (Å²) in [5, 5.41) is 0. The number of hydrogen-bond acceptors (Lipinski definition) is 7. The van der Waals surface area contributed by atoms with Crippen LogP contribution < -0.4 is 4.90 Å². The molecule has 0 bridgehead atoms. The third-order valence-corrected chi connectivity index (χ3v) is 7.27. The Balaban J connectivity index is 1.48. The van der Waals surface area contributed by atoms with E-state index in [0.29, 0.717) is 11.7 Å². The summed E-state index contributed by atoms with van der Waals surface area (Å²) in [5.74, 6) is 2.09. The molecule has 1 saturated carbocycles. The first kappa shape index (κ1) is 17.2.